The van der Waals surface area contributed by atoms with E-state index < -0.39 is 0 Å². The number of methoxy groups -OCH3 is 1. The summed E-state index contributed by atoms with van der Waals surface area (Å²) in [4.78, 5) is 0. The van der Waals surface area contributed by atoms with Crippen molar-refractivity contribution in [2.24, 2.45) is 0 Å². The van der Waals surface area contributed by atoms with E-state index in [0.29, 0.717) is 10.0 Å². The SMILES string of the molecule is CCNC(c1ccc(Cl)c(Cl)c1)c1ccccc1OC. The molecule has 0 radical (unpaired) electrons. The Morgan fingerprint density at radius 2 is 1.85 bits per heavy atom. The molecule has 0 amide bonds. The monoisotopic (exact) mass is 309 g/mol. The van der Waals surface area contributed by atoms with Crippen LogP contribution in [0.3, 0.4) is 0 Å². The molecule has 0 saturated heterocycles. The predicted molar refractivity (Wildman–Crippen MR) is 85.0 cm³/mol. The van der Waals surface area contributed by atoms with Gasteiger partial charge in [-0.15, -0.1) is 0 Å². The van der Waals surface area contributed by atoms with Gasteiger partial charge >= 0.3 is 0 Å². The van der Waals surface area contributed by atoms with Crippen LogP contribution in [-0.4, -0.2) is 13.7 Å². The Morgan fingerprint density at radius 3 is 2.50 bits per heavy atom. The first-order valence-corrected chi connectivity index (χ1v) is 7.24. The van der Waals surface area contributed by atoms with Gasteiger partial charge in [-0.1, -0.05) is 54.4 Å². The molecule has 2 rings (SSSR count). The average molecular weight is 310 g/mol. The van der Waals surface area contributed by atoms with Crippen molar-refractivity contribution in [2.75, 3.05) is 13.7 Å². The molecule has 0 aliphatic carbocycles. The number of rotatable bonds is 5. The largest absolute Gasteiger partial charge is 0.496 e. The van der Waals surface area contributed by atoms with Crippen LogP contribution in [0.1, 0.15) is 24.1 Å². The first-order chi connectivity index (χ1) is 9.67. The lowest BCUT2D eigenvalue weighted by Crippen LogP contribution is -2.22. The van der Waals surface area contributed by atoms with Gasteiger partial charge in [-0.05, 0) is 30.3 Å². The predicted octanol–water partition coefficient (Wildman–Crippen LogP) is 4.70. The zero-order chi connectivity index (χ0) is 14.5. The molecule has 0 aromatic heterocycles. The van der Waals surface area contributed by atoms with Crippen LogP contribution in [0.4, 0.5) is 0 Å². The number of para-hydroxylation sites is 1. The minimum Gasteiger partial charge on any atom is -0.496 e. The van der Waals surface area contributed by atoms with Crippen molar-refractivity contribution in [3.05, 3.63) is 63.6 Å². The number of hydrogen-bond acceptors (Lipinski definition) is 2. The summed E-state index contributed by atoms with van der Waals surface area (Å²) in [5.41, 5.74) is 2.14. The van der Waals surface area contributed by atoms with E-state index in [2.05, 4.69) is 18.3 Å². The lowest BCUT2D eigenvalue weighted by Gasteiger charge is -2.21. The summed E-state index contributed by atoms with van der Waals surface area (Å²) < 4.78 is 5.45. The van der Waals surface area contributed by atoms with Crippen LogP contribution >= 0.6 is 23.2 Å². The van der Waals surface area contributed by atoms with Gasteiger partial charge in [-0.3, -0.25) is 0 Å². The van der Waals surface area contributed by atoms with Crippen LogP contribution in [0.2, 0.25) is 10.0 Å². The van der Waals surface area contributed by atoms with Crippen molar-refractivity contribution in [1.29, 1.82) is 0 Å². The Balaban J connectivity index is 2.47. The van der Waals surface area contributed by atoms with Gasteiger partial charge in [0.05, 0.1) is 23.2 Å². The quantitative estimate of drug-likeness (QED) is 0.864. The Bertz CT molecular complexity index is 586. The molecule has 0 aliphatic rings. The zero-order valence-electron chi connectivity index (χ0n) is 11.5. The molecule has 4 heteroatoms. The molecule has 20 heavy (non-hydrogen) atoms. The number of hydrogen-bond donors (Lipinski definition) is 1. The highest BCUT2D eigenvalue weighted by molar-refractivity contribution is 6.42. The molecule has 0 spiro atoms. The van der Waals surface area contributed by atoms with Crippen molar-refractivity contribution in [3.8, 4) is 5.75 Å². The van der Waals surface area contributed by atoms with E-state index in [4.69, 9.17) is 27.9 Å². The van der Waals surface area contributed by atoms with Crippen LogP contribution in [0, 0.1) is 0 Å². The summed E-state index contributed by atoms with van der Waals surface area (Å²) in [6, 6.07) is 13.7. The van der Waals surface area contributed by atoms with E-state index >= 15 is 0 Å². The highest BCUT2D eigenvalue weighted by Gasteiger charge is 2.17. The minimum absolute atomic E-state index is 0.0194. The lowest BCUT2D eigenvalue weighted by molar-refractivity contribution is 0.404. The molecule has 1 atom stereocenters. The van der Waals surface area contributed by atoms with Gasteiger partial charge in [0.15, 0.2) is 0 Å². The van der Waals surface area contributed by atoms with Crippen LogP contribution in [0.15, 0.2) is 42.5 Å². The first-order valence-electron chi connectivity index (χ1n) is 6.48. The van der Waals surface area contributed by atoms with Gasteiger partial charge in [-0.2, -0.15) is 0 Å². The first kappa shape index (κ1) is 15.2. The van der Waals surface area contributed by atoms with Crippen molar-refractivity contribution in [1.82, 2.24) is 5.32 Å². The van der Waals surface area contributed by atoms with Gasteiger partial charge < -0.3 is 10.1 Å². The molecule has 2 aromatic rings. The van der Waals surface area contributed by atoms with Crippen LogP contribution in [0.5, 0.6) is 5.75 Å². The average Bonchev–Trinajstić information content (AvgIpc) is 2.48. The molecular formula is C16H17Cl2NO. The molecule has 1 unspecified atom stereocenters. The molecular weight excluding hydrogens is 293 g/mol. The molecule has 106 valence electrons. The third-order valence-corrected chi connectivity index (χ3v) is 3.87. The third-order valence-electron chi connectivity index (χ3n) is 3.14. The summed E-state index contributed by atoms with van der Waals surface area (Å²) >= 11 is 12.1. The van der Waals surface area contributed by atoms with E-state index in [1.807, 2.05) is 36.4 Å². The van der Waals surface area contributed by atoms with Crippen LogP contribution < -0.4 is 10.1 Å². The Hall–Kier alpha value is -1.22. The second-order valence-electron chi connectivity index (χ2n) is 4.41. The smallest absolute Gasteiger partial charge is 0.123 e. The van der Waals surface area contributed by atoms with E-state index in [-0.39, 0.29) is 6.04 Å². The van der Waals surface area contributed by atoms with E-state index in [9.17, 15) is 0 Å². The van der Waals surface area contributed by atoms with Crippen LogP contribution in [0.25, 0.3) is 0 Å². The molecule has 0 saturated carbocycles. The van der Waals surface area contributed by atoms with E-state index in [1.165, 1.54) is 0 Å². The Labute approximate surface area is 129 Å². The molecule has 2 nitrogen and oxygen atoms in total. The molecule has 0 heterocycles. The Morgan fingerprint density at radius 1 is 1.10 bits per heavy atom. The van der Waals surface area contributed by atoms with Crippen molar-refractivity contribution < 1.29 is 4.74 Å². The van der Waals surface area contributed by atoms with Gasteiger partial charge in [0.2, 0.25) is 0 Å². The topological polar surface area (TPSA) is 21.3 Å². The fourth-order valence-corrected chi connectivity index (χ4v) is 2.51. The minimum atomic E-state index is 0.0194. The fourth-order valence-electron chi connectivity index (χ4n) is 2.21. The summed E-state index contributed by atoms with van der Waals surface area (Å²) in [6.07, 6.45) is 0. The highest BCUT2D eigenvalue weighted by Crippen LogP contribution is 2.32. The maximum Gasteiger partial charge on any atom is 0.123 e. The Kier molecular flexibility index (Phi) is 5.30. The van der Waals surface area contributed by atoms with Crippen molar-refractivity contribution in [3.63, 3.8) is 0 Å². The number of halogens is 2. The van der Waals surface area contributed by atoms with Crippen LogP contribution in [-0.2, 0) is 0 Å². The number of benzene rings is 2. The van der Waals surface area contributed by atoms with Crippen molar-refractivity contribution in [2.45, 2.75) is 13.0 Å². The summed E-state index contributed by atoms with van der Waals surface area (Å²) in [6.45, 7) is 2.91. The molecule has 0 fully saturated rings. The van der Waals surface area contributed by atoms with Crippen molar-refractivity contribution >= 4 is 23.2 Å². The summed E-state index contributed by atoms with van der Waals surface area (Å²) in [5, 5.41) is 4.57. The zero-order valence-corrected chi connectivity index (χ0v) is 13.0. The summed E-state index contributed by atoms with van der Waals surface area (Å²) in [7, 11) is 1.68. The van der Waals surface area contributed by atoms with Gasteiger partial charge in [0.1, 0.15) is 5.75 Å². The maximum atomic E-state index is 6.13. The maximum absolute atomic E-state index is 6.13. The third kappa shape index (κ3) is 3.26. The van der Waals surface area contributed by atoms with Gasteiger partial charge in [-0.25, -0.2) is 0 Å². The second kappa shape index (κ2) is 6.98. The fraction of sp³-hybridized carbons (Fsp3) is 0.250. The second-order valence-corrected chi connectivity index (χ2v) is 5.22. The standard InChI is InChI=1S/C16H17Cl2NO/c1-3-19-16(11-8-9-13(17)14(18)10-11)12-6-4-5-7-15(12)20-2/h4-10,16,19H,3H2,1-2H3. The summed E-state index contributed by atoms with van der Waals surface area (Å²) in [5.74, 6) is 0.851. The van der Waals surface area contributed by atoms with E-state index in [1.54, 1.807) is 7.11 Å². The number of nitrogens with one attached hydrogen (secondary N) is 1. The normalized spacial score (nSPS) is 12.2. The highest BCUT2D eigenvalue weighted by atomic mass is 35.5. The van der Waals surface area contributed by atoms with Gasteiger partial charge in [0, 0.05) is 5.56 Å². The van der Waals surface area contributed by atoms with Gasteiger partial charge in [0.25, 0.3) is 0 Å². The number of ether oxygens (including phenoxy) is 1. The lowest BCUT2D eigenvalue weighted by atomic mass is 9.98. The molecule has 0 aliphatic heterocycles. The molecule has 2 aromatic carbocycles. The molecule has 1 N–H and O–H groups in total. The van der Waals surface area contributed by atoms with E-state index in [0.717, 1.165) is 23.4 Å². The molecule has 0 bridgehead atoms.